The van der Waals surface area contributed by atoms with Crippen molar-refractivity contribution in [3.05, 3.63) is 12.2 Å². The first-order chi connectivity index (χ1) is 6.91. The molecule has 0 spiro atoms. The summed E-state index contributed by atoms with van der Waals surface area (Å²) in [6.07, 6.45) is -1.60. The monoisotopic (exact) mass is 221 g/mol. The van der Waals surface area contributed by atoms with Crippen molar-refractivity contribution in [1.29, 1.82) is 0 Å². The molecule has 0 aliphatic heterocycles. The van der Waals surface area contributed by atoms with Crippen molar-refractivity contribution in [2.75, 3.05) is 6.54 Å². The smallest absolute Gasteiger partial charge is 0.310 e. The fourth-order valence-corrected chi connectivity index (χ4v) is 2.07. The lowest BCUT2D eigenvalue weighted by Crippen LogP contribution is -2.45. The number of hydrogen-bond donors (Lipinski definition) is 1. The van der Waals surface area contributed by atoms with Crippen molar-refractivity contribution in [2.45, 2.75) is 44.8 Å². The highest BCUT2D eigenvalue weighted by molar-refractivity contribution is 4.94. The van der Waals surface area contributed by atoms with Crippen LogP contribution < -0.4 is 5.32 Å². The fraction of sp³-hybridized carbons (Fsp3) is 0.818. The lowest BCUT2D eigenvalue weighted by molar-refractivity contribution is -0.188. The summed E-state index contributed by atoms with van der Waals surface area (Å²) >= 11 is 0. The summed E-state index contributed by atoms with van der Waals surface area (Å²) < 4.78 is 38.0. The van der Waals surface area contributed by atoms with Crippen molar-refractivity contribution in [3.8, 4) is 0 Å². The molecule has 1 N–H and O–H groups in total. The molecule has 1 nitrogen and oxygen atoms in total. The van der Waals surface area contributed by atoms with Gasteiger partial charge in [-0.15, -0.1) is 0 Å². The van der Waals surface area contributed by atoms with Crippen molar-refractivity contribution in [3.63, 3.8) is 0 Å². The zero-order valence-electron chi connectivity index (χ0n) is 9.03. The fourth-order valence-electron chi connectivity index (χ4n) is 2.07. The summed E-state index contributed by atoms with van der Waals surface area (Å²) in [5.74, 6) is -1.18. The summed E-state index contributed by atoms with van der Waals surface area (Å²) in [6.45, 7) is 5.98. The number of hydrogen-bond acceptors (Lipinski definition) is 1. The lowest BCUT2D eigenvalue weighted by Gasteiger charge is -2.33. The van der Waals surface area contributed by atoms with E-state index in [1.54, 1.807) is 0 Å². The maximum Gasteiger partial charge on any atom is 0.393 e. The number of halogens is 3. The van der Waals surface area contributed by atoms with Gasteiger partial charge in [0.2, 0.25) is 0 Å². The third-order valence-electron chi connectivity index (χ3n) is 2.85. The van der Waals surface area contributed by atoms with Crippen LogP contribution in [0.3, 0.4) is 0 Å². The van der Waals surface area contributed by atoms with E-state index in [0.29, 0.717) is 19.4 Å². The van der Waals surface area contributed by atoms with Crippen molar-refractivity contribution in [2.24, 2.45) is 5.92 Å². The number of rotatable bonds is 3. The van der Waals surface area contributed by atoms with Gasteiger partial charge in [0.1, 0.15) is 0 Å². The van der Waals surface area contributed by atoms with Crippen LogP contribution in [-0.2, 0) is 0 Å². The van der Waals surface area contributed by atoms with E-state index < -0.39 is 18.1 Å². The first-order valence-corrected chi connectivity index (χ1v) is 5.35. The zero-order chi connectivity index (χ0) is 11.5. The van der Waals surface area contributed by atoms with Gasteiger partial charge in [0, 0.05) is 12.6 Å². The van der Waals surface area contributed by atoms with Gasteiger partial charge in [-0.1, -0.05) is 25.0 Å². The second-order valence-electron chi connectivity index (χ2n) is 4.38. The summed E-state index contributed by atoms with van der Waals surface area (Å²) in [4.78, 5) is 0. The first kappa shape index (κ1) is 12.6. The molecular weight excluding hydrogens is 203 g/mol. The van der Waals surface area contributed by atoms with Crippen LogP contribution in [0.15, 0.2) is 12.2 Å². The van der Waals surface area contributed by atoms with Gasteiger partial charge >= 0.3 is 6.18 Å². The zero-order valence-corrected chi connectivity index (χ0v) is 9.03. The van der Waals surface area contributed by atoms with E-state index in [1.165, 1.54) is 0 Å². The Morgan fingerprint density at radius 1 is 1.33 bits per heavy atom. The molecule has 0 bridgehead atoms. The summed E-state index contributed by atoms with van der Waals surface area (Å²) in [5, 5.41) is 2.96. The standard InChI is InChI=1S/C11H18F3N/c1-8(2)7-15-10-6-4-3-5-9(10)11(12,13)14/h9-10,15H,1,3-7H2,2H3. The molecule has 88 valence electrons. The van der Waals surface area contributed by atoms with E-state index in [9.17, 15) is 13.2 Å². The third kappa shape index (κ3) is 3.86. The summed E-state index contributed by atoms with van der Waals surface area (Å²) in [7, 11) is 0. The molecular formula is C11H18F3N. The van der Waals surface area contributed by atoms with Crippen molar-refractivity contribution in [1.82, 2.24) is 5.32 Å². The van der Waals surface area contributed by atoms with E-state index in [1.807, 2.05) is 6.92 Å². The van der Waals surface area contributed by atoms with Gasteiger partial charge in [-0.2, -0.15) is 13.2 Å². The molecule has 1 aliphatic rings. The molecule has 0 amide bonds. The molecule has 0 aromatic rings. The molecule has 1 rings (SSSR count). The quantitative estimate of drug-likeness (QED) is 0.721. The minimum absolute atomic E-state index is 0.261. The number of nitrogens with one attached hydrogen (secondary N) is 1. The second-order valence-corrected chi connectivity index (χ2v) is 4.38. The Labute approximate surface area is 88.7 Å². The molecule has 2 atom stereocenters. The highest BCUT2D eigenvalue weighted by Crippen LogP contribution is 2.37. The Bertz CT molecular complexity index is 222. The Balaban J connectivity index is 2.54. The summed E-state index contributed by atoms with van der Waals surface area (Å²) in [6, 6.07) is -0.421. The topological polar surface area (TPSA) is 12.0 Å². The van der Waals surface area contributed by atoms with Crippen molar-refractivity contribution < 1.29 is 13.2 Å². The van der Waals surface area contributed by atoms with Crippen LogP contribution in [0.25, 0.3) is 0 Å². The Hall–Kier alpha value is -0.510. The van der Waals surface area contributed by atoms with Gasteiger partial charge < -0.3 is 5.32 Å². The minimum atomic E-state index is -4.06. The molecule has 1 fully saturated rings. The van der Waals surface area contributed by atoms with Gasteiger partial charge in [0.25, 0.3) is 0 Å². The van der Waals surface area contributed by atoms with E-state index >= 15 is 0 Å². The lowest BCUT2D eigenvalue weighted by atomic mass is 9.84. The van der Waals surface area contributed by atoms with E-state index in [-0.39, 0.29) is 6.42 Å². The maximum absolute atomic E-state index is 12.7. The van der Waals surface area contributed by atoms with E-state index in [0.717, 1.165) is 12.0 Å². The molecule has 0 heterocycles. The van der Waals surface area contributed by atoms with Gasteiger partial charge in [-0.25, -0.2) is 0 Å². The Morgan fingerprint density at radius 3 is 2.47 bits per heavy atom. The average Bonchev–Trinajstić information content (AvgIpc) is 2.13. The molecule has 1 saturated carbocycles. The Kier molecular flexibility index (Phi) is 4.20. The summed E-state index contributed by atoms with van der Waals surface area (Å²) in [5.41, 5.74) is 0.876. The third-order valence-corrected chi connectivity index (χ3v) is 2.85. The van der Waals surface area contributed by atoms with Crippen LogP contribution in [0.2, 0.25) is 0 Å². The van der Waals surface area contributed by atoms with E-state index in [2.05, 4.69) is 11.9 Å². The van der Waals surface area contributed by atoms with Gasteiger partial charge in [-0.3, -0.25) is 0 Å². The largest absolute Gasteiger partial charge is 0.393 e. The SMILES string of the molecule is C=C(C)CNC1CCCCC1C(F)(F)F. The Morgan fingerprint density at radius 2 is 1.93 bits per heavy atom. The second kappa shape index (κ2) is 5.01. The first-order valence-electron chi connectivity index (χ1n) is 5.35. The molecule has 15 heavy (non-hydrogen) atoms. The predicted molar refractivity (Wildman–Crippen MR) is 54.6 cm³/mol. The van der Waals surface area contributed by atoms with Gasteiger partial charge in [-0.05, 0) is 19.8 Å². The van der Waals surface area contributed by atoms with Crippen molar-refractivity contribution >= 4 is 0 Å². The van der Waals surface area contributed by atoms with E-state index in [4.69, 9.17) is 0 Å². The predicted octanol–water partition coefficient (Wildman–Crippen LogP) is 3.27. The molecule has 0 aromatic carbocycles. The van der Waals surface area contributed by atoms with Crippen LogP contribution >= 0.6 is 0 Å². The van der Waals surface area contributed by atoms with Crippen LogP contribution in [0, 0.1) is 5.92 Å². The van der Waals surface area contributed by atoms with Crippen LogP contribution in [0.1, 0.15) is 32.6 Å². The molecule has 0 saturated heterocycles. The molecule has 1 aliphatic carbocycles. The number of alkyl halides is 3. The minimum Gasteiger partial charge on any atom is -0.310 e. The van der Waals surface area contributed by atoms with Crippen LogP contribution in [-0.4, -0.2) is 18.8 Å². The van der Waals surface area contributed by atoms with Crippen LogP contribution in [0.4, 0.5) is 13.2 Å². The maximum atomic E-state index is 12.7. The highest BCUT2D eigenvalue weighted by Gasteiger charge is 2.45. The highest BCUT2D eigenvalue weighted by atomic mass is 19.4. The van der Waals surface area contributed by atoms with Gasteiger partial charge in [0.15, 0.2) is 0 Å². The molecule has 0 aromatic heterocycles. The average molecular weight is 221 g/mol. The molecule has 4 heteroatoms. The van der Waals surface area contributed by atoms with Gasteiger partial charge in [0.05, 0.1) is 5.92 Å². The normalized spacial score (nSPS) is 27.7. The molecule has 0 radical (unpaired) electrons. The van der Waals surface area contributed by atoms with Crippen LogP contribution in [0.5, 0.6) is 0 Å². The molecule has 2 unspecified atom stereocenters.